The number of esters is 1. The van der Waals surface area contributed by atoms with Gasteiger partial charge in [-0.2, -0.15) is 0 Å². The predicted molar refractivity (Wildman–Crippen MR) is 246 cm³/mol. The molecule has 57 heavy (non-hydrogen) atoms. The lowest BCUT2D eigenvalue weighted by molar-refractivity contribution is -0.143. The third-order valence-corrected chi connectivity index (χ3v) is 11.7. The van der Waals surface area contributed by atoms with Crippen LogP contribution in [0.15, 0.2) is 0 Å². The molecule has 0 aliphatic carbocycles. The van der Waals surface area contributed by atoms with E-state index in [0.717, 1.165) is 116 Å². The summed E-state index contributed by atoms with van der Waals surface area (Å²) in [6.07, 6.45) is 39.1. The second-order valence-electron chi connectivity index (χ2n) is 17.2. The van der Waals surface area contributed by atoms with Crippen LogP contribution < -0.4 is 0 Å². The molecule has 0 rings (SSSR count). The van der Waals surface area contributed by atoms with E-state index < -0.39 is 0 Å². The zero-order valence-electron chi connectivity index (χ0n) is 39.2. The van der Waals surface area contributed by atoms with Crippen LogP contribution in [0.4, 0.5) is 0 Å². The third-order valence-electron chi connectivity index (χ3n) is 11.7. The van der Waals surface area contributed by atoms with Crippen LogP contribution in [0.1, 0.15) is 253 Å². The quantitative estimate of drug-likeness (QED) is 0.0453. The van der Waals surface area contributed by atoms with E-state index in [2.05, 4.69) is 42.4 Å². The highest BCUT2D eigenvalue weighted by Crippen LogP contribution is 2.15. The highest BCUT2D eigenvalue weighted by atomic mass is 16.5. The lowest BCUT2D eigenvalue weighted by Gasteiger charge is -2.24. The molecule has 0 atom stereocenters. The number of nitrogens with zero attached hydrogens (tertiary/aromatic N) is 3. The molecule has 0 aliphatic rings. The Bertz CT molecular complexity index is 794. The Morgan fingerprint density at radius 3 is 0.930 bits per heavy atom. The van der Waals surface area contributed by atoms with Crippen molar-refractivity contribution in [1.29, 1.82) is 0 Å². The molecule has 0 N–H and O–H groups in total. The summed E-state index contributed by atoms with van der Waals surface area (Å²) >= 11 is 0. The highest BCUT2D eigenvalue weighted by Gasteiger charge is 2.15. The van der Waals surface area contributed by atoms with Crippen LogP contribution in [0.3, 0.4) is 0 Å². The number of hydrogen-bond acceptors (Lipinski definition) is 5. The van der Waals surface area contributed by atoms with Crippen LogP contribution in [0, 0.1) is 0 Å². The maximum atomic E-state index is 13.4. The van der Waals surface area contributed by atoms with Gasteiger partial charge in [0.15, 0.2) is 0 Å². The van der Waals surface area contributed by atoms with Gasteiger partial charge in [0.25, 0.3) is 0 Å². The normalized spacial score (nSPS) is 11.4. The van der Waals surface area contributed by atoms with E-state index in [1.165, 1.54) is 128 Å². The first kappa shape index (κ1) is 55.4. The maximum Gasteiger partial charge on any atom is 0.305 e. The van der Waals surface area contributed by atoms with Gasteiger partial charge in [-0.05, 0) is 84.3 Å². The fourth-order valence-corrected chi connectivity index (χ4v) is 7.96. The molecule has 0 aromatic carbocycles. The average Bonchev–Trinajstić information content (AvgIpc) is 3.20. The minimum atomic E-state index is -0.104. The van der Waals surface area contributed by atoms with Crippen LogP contribution in [-0.4, -0.2) is 84.9 Å². The number of unbranched alkanes of at least 4 members (excludes halogenated alkanes) is 24. The Labute approximate surface area is 355 Å². The molecule has 0 aromatic rings. The van der Waals surface area contributed by atoms with Crippen molar-refractivity contribution in [3.63, 3.8) is 0 Å². The molecule has 2 amide bonds. The first-order chi connectivity index (χ1) is 27.9. The zero-order chi connectivity index (χ0) is 41.9. The van der Waals surface area contributed by atoms with Gasteiger partial charge in [0.2, 0.25) is 11.8 Å². The summed E-state index contributed by atoms with van der Waals surface area (Å²) < 4.78 is 5.19. The van der Waals surface area contributed by atoms with E-state index in [1.54, 1.807) is 0 Å². The molecule has 0 saturated carbocycles. The van der Waals surface area contributed by atoms with Gasteiger partial charge in [0, 0.05) is 45.4 Å². The SMILES string of the molecule is CCCCCCCCN(CCCCCCCC)C(=O)CCCCCN(CCCCCC(=O)N(CCCCCCCC)CCCCCCCC)CCCC(=O)OCC. The summed E-state index contributed by atoms with van der Waals surface area (Å²) in [5.41, 5.74) is 0. The average molecular weight is 806 g/mol. The molecule has 0 unspecified atom stereocenters. The van der Waals surface area contributed by atoms with Crippen molar-refractivity contribution in [3.8, 4) is 0 Å². The number of carbonyl (C=O) groups excluding carboxylic acids is 3. The second kappa shape index (κ2) is 43.9. The van der Waals surface area contributed by atoms with E-state index in [-0.39, 0.29) is 5.97 Å². The second-order valence-corrected chi connectivity index (χ2v) is 17.2. The van der Waals surface area contributed by atoms with Crippen LogP contribution in [-0.2, 0) is 19.1 Å². The van der Waals surface area contributed by atoms with Crippen molar-refractivity contribution in [3.05, 3.63) is 0 Å². The van der Waals surface area contributed by atoms with Crippen molar-refractivity contribution >= 4 is 17.8 Å². The Morgan fingerprint density at radius 2 is 0.596 bits per heavy atom. The molecular formula is C50H99N3O4. The summed E-state index contributed by atoms with van der Waals surface area (Å²) in [7, 11) is 0. The molecule has 0 bridgehead atoms. The summed E-state index contributed by atoms with van der Waals surface area (Å²) in [5, 5.41) is 0. The molecule has 0 radical (unpaired) electrons. The molecule has 338 valence electrons. The van der Waals surface area contributed by atoms with Gasteiger partial charge in [0.1, 0.15) is 0 Å². The van der Waals surface area contributed by atoms with E-state index >= 15 is 0 Å². The van der Waals surface area contributed by atoms with Gasteiger partial charge in [0.05, 0.1) is 6.61 Å². The van der Waals surface area contributed by atoms with Gasteiger partial charge < -0.3 is 19.4 Å². The molecule has 0 heterocycles. The molecule has 0 saturated heterocycles. The number of rotatable bonds is 45. The molecule has 0 aliphatic heterocycles. The summed E-state index contributed by atoms with van der Waals surface area (Å²) in [6.45, 7) is 18.0. The standard InChI is InChI=1S/C50H99N3O4/c1-6-11-15-19-23-33-44-52(45-34-24-20-16-12-7-2)48(54)38-29-27-31-41-51(43-37-40-50(56)57-10-5)42-32-28-30-39-49(55)53(46-35-25-21-17-13-8-3)47-36-26-22-18-14-9-4/h6-47H2,1-5H3. The Kier molecular flexibility index (Phi) is 42.7. The van der Waals surface area contributed by atoms with Crippen molar-refractivity contribution in [1.82, 2.24) is 14.7 Å². The van der Waals surface area contributed by atoms with Gasteiger partial charge in [-0.15, -0.1) is 0 Å². The molecular weight excluding hydrogens is 707 g/mol. The number of amides is 2. The van der Waals surface area contributed by atoms with Crippen LogP contribution in [0.2, 0.25) is 0 Å². The van der Waals surface area contributed by atoms with E-state index in [0.29, 0.717) is 37.7 Å². The van der Waals surface area contributed by atoms with E-state index in [4.69, 9.17) is 4.74 Å². The Balaban J connectivity index is 4.87. The lowest BCUT2D eigenvalue weighted by Crippen LogP contribution is -2.33. The summed E-state index contributed by atoms with van der Waals surface area (Å²) in [4.78, 5) is 45.7. The van der Waals surface area contributed by atoms with E-state index in [1.807, 2.05) is 6.92 Å². The van der Waals surface area contributed by atoms with Crippen molar-refractivity contribution in [2.24, 2.45) is 0 Å². The number of carbonyl (C=O) groups is 3. The smallest absolute Gasteiger partial charge is 0.305 e. The van der Waals surface area contributed by atoms with Gasteiger partial charge in [-0.3, -0.25) is 14.4 Å². The van der Waals surface area contributed by atoms with Crippen molar-refractivity contribution in [2.45, 2.75) is 253 Å². The molecule has 7 heteroatoms. The van der Waals surface area contributed by atoms with E-state index in [9.17, 15) is 14.4 Å². The Morgan fingerprint density at radius 1 is 0.316 bits per heavy atom. The molecule has 7 nitrogen and oxygen atoms in total. The fraction of sp³-hybridized carbons (Fsp3) is 0.940. The van der Waals surface area contributed by atoms with Crippen LogP contribution >= 0.6 is 0 Å². The largest absolute Gasteiger partial charge is 0.466 e. The fourth-order valence-electron chi connectivity index (χ4n) is 7.96. The molecule has 0 aromatic heterocycles. The zero-order valence-corrected chi connectivity index (χ0v) is 39.2. The van der Waals surface area contributed by atoms with Crippen LogP contribution in [0.5, 0.6) is 0 Å². The Hall–Kier alpha value is -1.63. The minimum absolute atomic E-state index is 0.104. The predicted octanol–water partition coefficient (Wildman–Crippen LogP) is 13.9. The topological polar surface area (TPSA) is 70.2 Å². The summed E-state index contributed by atoms with van der Waals surface area (Å²) in [6, 6.07) is 0. The first-order valence-electron chi connectivity index (χ1n) is 25.4. The molecule has 0 spiro atoms. The van der Waals surface area contributed by atoms with Gasteiger partial charge >= 0.3 is 5.97 Å². The maximum absolute atomic E-state index is 13.4. The van der Waals surface area contributed by atoms with Crippen LogP contribution in [0.25, 0.3) is 0 Å². The van der Waals surface area contributed by atoms with Gasteiger partial charge in [-0.1, -0.05) is 169 Å². The third kappa shape index (κ3) is 37.1. The monoisotopic (exact) mass is 806 g/mol. The number of ether oxygens (including phenoxy) is 1. The molecule has 0 fully saturated rings. The first-order valence-corrected chi connectivity index (χ1v) is 25.4. The van der Waals surface area contributed by atoms with Gasteiger partial charge in [-0.25, -0.2) is 0 Å². The number of hydrogen-bond donors (Lipinski definition) is 0. The lowest BCUT2D eigenvalue weighted by atomic mass is 10.1. The minimum Gasteiger partial charge on any atom is -0.466 e. The highest BCUT2D eigenvalue weighted by molar-refractivity contribution is 5.76. The van der Waals surface area contributed by atoms with Crippen molar-refractivity contribution < 1.29 is 19.1 Å². The summed E-state index contributed by atoms with van der Waals surface area (Å²) in [5.74, 6) is 0.610. The van der Waals surface area contributed by atoms with Crippen molar-refractivity contribution in [2.75, 3.05) is 52.4 Å².